The Bertz CT molecular complexity index is 256. The molecule has 0 aliphatic rings. The van der Waals surface area contributed by atoms with Crippen LogP contribution in [-0.2, 0) is 4.74 Å². The molecule has 0 bridgehead atoms. The molecular formula is C6H8N2O3. The maximum Gasteiger partial charge on any atom is 0.360 e. The molecule has 0 aliphatic carbocycles. The summed E-state index contributed by atoms with van der Waals surface area (Å²) in [4.78, 5) is 10.9. The van der Waals surface area contributed by atoms with Gasteiger partial charge in [0.2, 0.25) is 5.88 Å². The summed E-state index contributed by atoms with van der Waals surface area (Å²) in [5.74, 6) is -0.416. The highest BCUT2D eigenvalue weighted by atomic mass is 16.5. The Morgan fingerprint density at radius 2 is 2.64 bits per heavy atom. The van der Waals surface area contributed by atoms with E-state index in [1.165, 1.54) is 6.07 Å². The molecule has 1 aromatic rings. The molecule has 1 heterocycles. The number of rotatable bonds is 2. The number of carbonyl (C=O) groups is 1. The zero-order chi connectivity index (χ0) is 8.27. The summed E-state index contributed by atoms with van der Waals surface area (Å²) < 4.78 is 9.08. The van der Waals surface area contributed by atoms with Crippen LogP contribution >= 0.6 is 0 Å². The molecule has 0 saturated carbocycles. The number of nitrogen functional groups attached to an aromatic ring is 1. The van der Waals surface area contributed by atoms with E-state index in [0.717, 1.165) is 0 Å². The van der Waals surface area contributed by atoms with Crippen molar-refractivity contribution in [3.63, 3.8) is 0 Å². The minimum Gasteiger partial charge on any atom is -0.461 e. The molecule has 0 fully saturated rings. The summed E-state index contributed by atoms with van der Waals surface area (Å²) in [5, 5.41) is 3.36. The van der Waals surface area contributed by atoms with Crippen LogP contribution in [0.25, 0.3) is 0 Å². The van der Waals surface area contributed by atoms with Gasteiger partial charge in [0.1, 0.15) is 0 Å². The highest BCUT2D eigenvalue weighted by Gasteiger charge is 2.10. The van der Waals surface area contributed by atoms with Gasteiger partial charge in [0, 0.05) is 6.07 Å². The molecule has 0 aromatic carbocycles. The molecule has 0 spiro atoms. The standard InChI is InChI=1S/C6H8N2O3/c1-2-10-6(9)4-3-5(7)11-8-4/h3H,2,7H2,1H3. The summed E-state index contributed by atoms with van der Waals surface area (Å²) in [7, 11) is 0. The first-order valence-electron chi connectivity index (χ1n) is 3.13. The summed E-state index contributed by atoms with van der Waals surface area (Å²) >= 11 is 0. The van der Waals surface area contributed by atoms with Gasteiger partial charge >= 0.3 is 5.97 Å². The Morgan fingerprint density at radius 1 is 1.91 bits per heavy atom. The van der Waals surface area contributed by atoms with Gasteiger partial charge in [0.15, 0.2) is 5.69 Å². The molecule has 5 nitrogen and oxygen atoms in total. The third-order valence-electron chi connectivity index (χ3n) is 1.01. The van der Waals surface area contributed by atoms with E-state index in [9.17, 15) is 4.79 Å². The number of nitrogens with zero attached hydrogens (tertiary/aromatic N) is 1. The summed E-state index contributed by atoms with van der Waals surface area (Å²) in [6, 6.07) is 1.32. The predicted octanol–water partition coefficient (Wildman–Crippen LogP) is 0.434. The van der Waals surface area contributed by atoms with Crippen molar-refractivity contribution >= 4 is 11.9 Å². The van der Waals surface area contributed by atoms with Crippen molar-refractivity contribution in [3.05, 3.63) is 11.8 Å². The van der Waals surface area contributed by atoms with Crippen molar-refractivity contribution in [2.75, 3.05) is 12.3 Å². The van der Waals surface area contributed by atoms with Crippen LogP contribution in [0.4, 0.5) is 5.88 Å². The van der Waals surface area contributed by atoms with Crippen molar-refractivity contribution in [1.29, 1.82) is 0 Å². The third-order valence-corrected chi connectivity index (χ3v) is 1.01. The molecule has 0 radical (unpaired) electrons. The molecule has 11 heavy (non-hydrogen) atoms. The van der Waals surface area contributed by atoms with Gasteiger partial charge in [-0.3, -0.25) is 0 Å². The number of carbonyl (C=O) groups excluding carboxylic acids is 1. The fraction of sp³-hybridized carbons (Fsp3) is 0.333. The van der Waals surface area contributed by atoms with Crippen molar-refractivity contribution in [2.45, 2.75) is 6.92 Å². The van der Waals surface area contributed by atoms with Gasteiger partial charge in [-0.1, -0.05) is 5.16 Å². The molecule has 0 unspecified atom stereocenters. The lowest BCUT2D eigenvalue weighted by Gasteiger charge is -1.93. The summed E-state index contributed by atoms with van der Waals surface area (Å²) in [6.07, 6.45) is 0. The fourth-order valence-electron chi connectivity index (χ4n) is 0.591. The van der Waals surface area contributed by atoms with Crippen LogP contribution in [-0.4, -0.2) is 17.7 Å². The first-order valence-corrected chi connectivity index (χ1v) is 3.13. The van der Waals surface area contributed by atoms with Crippen LogP contribution in [0.2, 0.25) is 0 Å². The summed E-state index contributed by atoms with van der Waals surface area (Å²) in [5.41, 5.74) is 5.28. The molecule has 0 saturated heterocycles. The van der Waals surface area contributed by atoms with E-state index in [1.54, 1.807) is 6.92 Å². The second-order valence-electron chi connectivity index (χ2n) is 1.83. The Balaban J connectivity index is 2.69. The first kappa shape index (κ1) is 7.59. The molecule has 1 rings (SSSR count). The highest BCUT2D eigenvalue weighted by Crippen LogP contribution is 2.05. The lowest BCUT2D eigenvalue weighted by atomic mass is 10.4. The van der Waals surface area contributed by atoms with Gasteiger partial charge in [-0.05, 0) is 6.92 Å². The quantitative estimate of drug-likeness (QED) is 0.628. The predicted molar refractivity (Wildman–Crippen MR) is 36.9 cm³/mol. The largest absolute Gasteiger partial charge is 0.461 e. The Kier molecular flexibility index (Phi) is 2.10. The molecule has 1 aromatic heterocycles. The molecule has 0 atom stereocenters. The Morgan fingerprint density at radius 3 is 3.09 bits per heavy atom. The molecular weight excluding hydrogens is 148 g/mol. The van der Waals surface area contributed by atoms with Crippen molar-refractivity contribution in [1.82, 2.24) is 5.16 Å². The Hall–Kier alpha value is -1.52. The minimum absolute atomic E-state index is 0.101. The van der Waals surface area contributed by atoms with Crippen LogP contribution < -0.4 is 5.73 Å². The van der Waals surface area contributed by atoms with Crippen LogP contribution in [0.1, 0.15) is 17.4 Å². The first-order chi connectivity index (χ1) is 5.24. The van der Waals surface area contributed by atoms with Crippen molar-refractivity contribution in [3.8, 4) is 0 Å². The second kappa shape index (κ2) is 3.05. The van der Waals surface area contributed by atoms with E-state index in [0.29, 0.717) is 6.61 Å². The highest BCUT2D eigenvalue weighted by molar-refractivity contribution is 5.87. The van der Waals surface area contributed by atoms with Gasteiger partial charge in [-0.2, -0.15) is 0 Å². The average Bonchev–Trinajstić information content (AvgIpc) is 2.36. The van der Waals surface area contributed by atoms with Crippen molar-refractivity contribution in [2.24, 2.45) is 0 Å². The number of anilines is 1. The number of nitrogens with two attached hydrogens (primary N) is 1. The van der Waals surface area contributed by atoms with E-state index >= 15 is 0 Å². The molecule has 0 amide bonds. The zero-order valence-electron chi connectivity index (χ0n) is 6.03. The maximum absolute atomic E-state index is 10.9. The fourth-order valence-corrected chi connectivity index (χ4v) is 0.591. The maximum atomic E-state index is 10.9. The SMILES string of the molecule is CCOC(=O)c1cc(N)on1. The minimum atomic E-state index is -0.520. The third kappa shape index (κ3) is 1.70. The van der Waals surface area contributed by atoms with Gasteiger partial charge in [0.25, 0.3) is 0 Å². The van der Waals surface area contributed by atoms with Gasteiger partial charge in [-0.15, -0.1) is 0 Å². The Labute approximate surface area is 63.1 Å². The van der Waals surface area contributed by atoms with E-state index in [2.05, 4.69) is 14.4 Å². The number of ether oxygens (including phenoxy) is 1. The van der Waals surface area contributed by atoms with Gasteiger partial charge in [-0.25, -0.2) is 4.79 Å². The molecule has 0 aliphatic heterocycles. The lowest BCUT2D eigenvalue weighted by Crippen LogP contribution is -2.04. The number of aromatic nitrogens is 1. The lowest BCUT2D eigenvalue weighted by molar-refractivity contribution is 0.0514. The van der Waals surface area contributed by atoms with Gasteiger partial charge < -0.3 is 15.0 Å². The van der Waals surface area contributed by atoms with Crippen LogP contribution in [0.3, 0.4) is 0 Å². The van der Waals surface area contributed by atoms with E-state index in [-0.39, 0.29) is 11.6 Å². The van der Waals surface area contributed by atoms with E-state index < -0.39 is 5.97 Å². The number of hydrogen-bond acceptors (Lipinski definition) is 5. The smallest absolute Gasteiger partial charge is 0.360 e. The molecule has 60 valence electrons. The molecule has 5 heteroatoms. The average molecular weight is 156 g/mol. The number of hydrogen-bond donors (Lipinski definition) is 1. The van der Waals surface area contributed by atoms with Crippen LogP contribution in [0, 0.1) is 0 Å². The normalized spacial score (nSPS) is 9.55. The number of esters is 1. The van der Waals surface area contributed by atoms with Gasteiger partial charge in [0.05, 0.1) is 6.61 Å². The monoisotopic (exact) mass is 156 g/mol. The molecule has 2 N–H and O–H groups in total. The summed E-state index contributed by atoms with van der Waals surface area (Å²) in [6.45, 7) is 2.02. The zero-order valence-corrected chi connectivity index (χ0v) is 6.03. The van der Waals surface area contributed by atoms with E-state index in [1.807, 2.05) is 0 Å². The van der Waals surface area contributed by atoms with Crippen molar-refractivity contribution < 1.29 is 14.1 Å². The van der Waals surface area contributed by atoms with Crippen LogP contribution in [0.5, 0.6) is 0 Å². The van der Waals surface area contributed by atoms with E-state index in [4.69, 9.17) is 5.73 Å². The second-order valence-corrected chi connectivity index (χ2v) is 1.83. The van der Waals surface area contributed by atoms with Crippen LogP contribution in [0.15, 0.2) is 10.6 Å². The topological polar surface area (TPSA) is 78.4 Å².